The number of urea groups is 1. The molecule has 1 atom stereocenters. The van der Waals surface area contributed by atoms with Crippen LogP contribution in [0.4, 0.5) is 10.5 Å². The molecule has 174 valence electrons. The van der Waals surface area contributed by atoms with E-state index in [1.807, 2.05) is 29.2 Å². The molecule has 2 heterocycles. The molecule has 4 rings (SSSR count). The molecule has 1 aliphatic rings. The van der Waals surface area contributed by atoms with E-state index in [1.54, 1.807) is 0 Å². The molecule has 1 N–H and O–H groups in total. The van der Waals surface area contributed by atoms with Gasteiger partial charge in [0, 0.05) is 29.4 Å². The molecule has 0 aliphatic carbocycles. The highest BCUT2D eigenvalue weighted by molar-refractivity contribution is 6.30. The van der Waals surface area contributed by atoms with Gasteiger partial charge in [0.05, 0.1) is 5.92 Å². The van der Waals surface area contributed by atoms with Crippen LogP contribution in [0.25, 0.3) is 11.4 Å². The number of anilines is 1. The first-order chi connectivity index (χ1) is 15.8. The molecule has 0 saturated carbocycles. The zero-order valence-electron chi connectivity index (χ0n) is 19.6. The second kappa shape index (κ2) is 9.96. The first kappa shape index (κ1) is 23.3. The fraction of sp³-hybridized carbons (Fsp3) is 0.423. The molecule has 0 spiro atoms. The smallest absolute Gasteiger partial charge is 0.321 e. The van der Waals surface area contributed by atoms with Crippen LogP contribution in [0.15, 0.2) is 47.0 Å². The van der Waals surface area contributed by atoms with Gasteiger partial charge in [-0.05, 0) is 47.9 Å². The summed E-state index contributed by atoms with van der Waals surface area (Å²) in [5.74, 6) is 1.72. The number of halogens is 1. The average Bonchev–Trinajstić information content (AvgIpc) is 3.29. The Morgan fingerprint density at radius 2 is 1.82 bits per heavy atom. The van der Waals surface area contributed by atoms with Gasteiger partial charge in [0.1, 0.15) is 0 Å². The van der Waals surface area contributed by atoms with Crippen LogP contribution in [0.3, 0.4) is 0 Å². The highest BCUT2D eigenvalue weighted by Gasteiger charge is 2.29. The topological polar surface area (TPSA) is 71.3 Å². The van der Waals surface area contributed by atoms with E-state index < -0.39 is 0 Å². The number of nitrogens with one attached hydrogen (secondary N) is 1. The van der Waals surface area contributed by atoms with Crippen LogP contribution in [0.2, 0.25) is 5.02 Å². The van der Waals surface area contributed by atoms with Gasteiger partial charge in [-0.15, -0.1) is 0 Å². The molecular weight excluding hydrogens is 436 g/mol. The van der Waals surface area contributed by atoms with Crippen molar-refractivity contribution in [2.45, 2.75) is 58.3 Å². The quantitative estimate of drug-likeness (QED) is 0.437. The number of aromatic nitrogens is 2. The molecule has 1 aromatic heterocycles. The maximum absolute atomic E-state index is 13.3. The standard InChI is InChI=1S/C26H31ClN4O2/c1-16(2)21-11-6-12-22(17(3)4)23(21)28-26(32)31-13-7-9-19(15-31)25-29-24(30-33-25)18-8-5-10-20(27)14-18/h5-6,8,10-12,14,16-17,19H,7,9,13,15H2,1-4H3,(H,28,32)/t19-/m1/s1. The summed E-state index contributed by atoms with van der Waals surface area (Å²) >= 11 is 6.09. The molecule has 33 heavy (non-hydrogen) atoms. The predicted molar refractivity (Wildman–Crippen MR) is 132 cm³/mol. The Morgan fingerprint density at radius 1 is 1.12 bits per heavy atom. The van der Waals surface area contributed by atoms with Crippen LogP contribution in [0.1, 0.15) is 75.3 Å². The number of likely N-dealkylation sites (tertiary alicyclic amines) is 1. The average molecular weight is 467 g/mol. The third-order valence-electron chi connectivity index (χ3n) is 6.19. The van der Waals surface area contributed by atoms with E-state index in [-0.39, 0.29) is 11.9 Å². The van der Waals surface area contributed by atoms with E-state index in [0.29, 0.717) is 41.7 Å². The van der Waals surface area contributed by atoms with Crippen molar-refractivity contribution in [2.75, 3.05) is 18.4 Å². The maximum atomic E-state index is 13.3. The van der Waals surface area contributed by atoms with Crippen molar-refractivity contribution in [1.82, 2.24) is 15.0 Å². The summed E-state index contributed by atoms with van der Waals surface area (Å²) in [6.07, 6.45) is 1.79. The van der Waals surface area contributed by atoms with Crippen molar-refractivity contribution in [1.29, 1.82) is 0 Å². The largest absolute Gasteiger partial charge is 0.339 e. The third-order valence-corrected chi connectivity index (χ3v) is 6.42. The summed E-state index contributed by atoms with van der Waals surface area (Å²) in [4.78, 5) is 19.8. The molecule has 1 saturated heterocycles. The number of carbonyl (C=O) groups is 1. The van der Waals surface area contributed by atoms with Crippen molar-refractivity contribution >= 4 is 23.3 Å². The zero-order valence-corrected chi connectivity index (χ0v) is 20.4. The fourth-order valence-corrected chi connectivity index (χ4v) is 4.58. The number of hydrogen-bond acceptors (Lipinski definition) is 4. The molecule has 0 unspecified atom stereocenters. The van der Waals surface area contributed by atoms with E-state index in [2.05, 4.69) is 61.4 Å². The lowest BCUT2D eigenvalue weighted by atomic mass is 9.92. The first-order valence-corrected chi connectivity index (χ1v) is 12.0. The molecule has 1 fully saturated rings. The molecular formula is C26H31ClN4O2. The SMILES string of the molecule is CC(C)c1cccc(C(C)C)c1NC(=O)N1CCC[C@@H](c2nc(-c3cccc(Cl)c3)no2)C1. The van der Waals surface area contributed by atoms with Gasteiger partial charge in [-0.1, -0.05) is 74.8 Å². The van der Waals surface area contributed by atoms with Crippen LogP contribution < -0.4 is 5.32 Å². The van der Waals surface area contributed by atoms with E-state index >= 15 is 0 Å². The summed E-state index contributed by atoms with van der Waals surface area (Å²) in [6, 6.07) is 13.6. The molecule has 6 nitrogen and oxygen atoms in total. The molecule has 0 bridgehead atoms. The first-order valence-electron chi connectivity index (χ1n) is 11.6. The Bertz CT molecular complexity index is 1100. The highest BCUT2D eigenvalue weighted by Crippen LogP contribution is 2.34. The Balaban J connectivity index is 1.50. The molecule has 7 heteroatoms. The maximum Gasteiger partial charge on any atom is 0.321 e. The number of nitrogens with zero attached hydrogens (tertiary/aromatic N) is 3. The summed E-state index contributed by atoms with van der Waals surface area (Å²) in [7, 11) is 0. The number of amides is 2. The van der Waals surface area contributed by atoms with Crippen molar-refractivity contribution in [3.05, 3.63) is 64.5 Å². The van der Waals surface area contributed by atoms with Crippen molar-refractivity contribution in [3.63, 3.8) is 0 Å². The second-order valence-electron chi connectivity index (χ2n) is 9.30. The van der Waals surface area contributed by atoms with Gasteiger partial charge in [0.2, 0.25) is 11.7 Å². The van der Waals surface area contributed by atoms with Crippen LogP contribution in [0, 0.1) is 0 Å². The van der Waals surface area contributed by atoms with Crippen LogP contribution in [0.5, 0.6) is 0 Å². The van der Waals surface area contributed by atoms with E-state index in [9.17, 15) is 4.79 Å². The summed E-state index contributed by atoms with van der Waals surface area (Å²) in [6.45, 7) is 9.86. The van der Waals surface area contributed by atoms with Crippen molar-refractivity contribution in [2.24, 2.45) is 0 Å². The lowest BCUT2D eigenvalue weighted by Crippen LogP contribution is -2.42. The highest BCUT2D eigenvalue weighted by atomic mass is 35.5. The van der Waals surface area contributed by atoms with E-state index in [4.69, 9.17) is 16.1 Å². The number of rotatable bonds is 5. The summed E-state index contributed by atoms with van der Waals surface area (Å²) in [5, 5.41) is 7.99. The Morgan fingerprint density at radius 3 is 2.48 bits per heavy atom. The van der Waals surface area contributed by atoms with Gasteiger partial charge < -0.3 is 14.7 Å². The molecule has 0 radical (unpaired) electrons. The third kappa shape index (κ3) is 5.22. The Kier molecular flexibility index (Phi) is 7.03. The van der Waals surface area contributed by atoms with Gasteiger partial charge in [-0.3, -0.25) is 0 Å². The predicted octanol–water partition coefficient (Wildman–Crippen LogP) is 7.05. The summed E-state index contributed by atoms with van der Waals surface area (Å²) in [5.41, 5.74) is 4.07. The van der Waals surface area contributed by atoms with E-state index in [1.165, 1.54) is 0 Å². The summed E-state index contributed by atoms with van der Waals surface area (Å²) < 4.78 is 5.58. The molecule has 1 aliphatic heterocycles. The number of piperidine rings is 1. The normalized spacial score (nSPS) is 16.5. The molecule has 2 aromatic carbocycles. The lowest BCUT2D eigenvalue weighted by Gasteiger charge is -2.32. The van der Waals surface area contributed by atoms with Gasteiger partial charge in [0.25, 0.3) is 0 Å². The van der Waals surface area contributed by atoms with Gasteiger partial charge >= 0.3 is 6.03 Å². The number of carbonyl (C=O) groups excluding carboxylic acids is 1. The lowest BCUT2D eigenvalue weighted by molar-refractivity contribution is 0.184. The van der Waals surface area contributed by atoms with Gasteiger partial charge in [-0.2, -0.15) is 4.98 Å². The van der Waals surface area contributed by atoms with Crippen LogP contribution in [-0.4, -0.2) is 34.2 Å². The number of hydrogen-bond donors (Lipinski definition) is 1. The zero-order chi connectivity index (χ0) is 23.5. The second-order valence-corrected chi connectivity index (χ2v) is 9.74. The number of para-hydroxylation sites is 1. The van der Waals surface area contributed by atoms with Gasteiger partial charge in [-0.25, -0.2) is 4.79 Å². The monoisotopic (exact) mass is 466 g/mol. The molecule has 3 aromatic rings. The Labute approximate surface area is 200 Å². The van der Waals surface area contributed by atoms with E-state index in [0.717, 1.165) is 35.2 Å². The minimum Gasteiger partial charge on any atom is -0.339 e. The minimum atomic E-state index is -0.0794. The molecule has 2 amide bonds. The minimum absolute atomic E-state index is 0.00912. The van der Waals surface area contributed by atoms with Gasteiger partial charge in [0.15, 0.2) is 0 Å². The van der Waals surface area contributed by atoms with Crippen molar-refractivity contribution < 1.29 is 9.32 Å². The van der Waals surface area contributed by atoms with Crippen LogP contribution >= 0.6 is 11.6 Å². The van der Waals surface area contributed by atoms with Crippen LogP contribution in [-0.2, 0) is 0 Å². The fourth-order valence-electron chi connectivity index (χ4n) is 4.39. The van der Waals surface area contributed by atoms with Crippen molar-refractivity contribution in [3.8, 4) is 11.4 Å². The Hall–Kier alpha value is -2.86. The number of benzene rings is 2.